The molecular weight excluding hydrogens is 689 g/mol. The van der Waals surface area contributed by atoms with E-state index in [1.54, 1.807) is 0 Å². The lowest BCUT2D eigenvalue weighted by Gasteiger charge is -2.31. The van der Waals surface area contributed by atoms with E-state index >= 15 is 0 Å². The summed E-state index contributed by atoms with van der Waals surface area (Å²) in [6.45, 7) is 2.17. The zero-order valence-electron chi connectivity index (χ0n) is 32.0. The lowest BCUT2D eigenvalue weighted by Crippen LogP contribution is -2.14. The van der Waals surface area contributed by atoms with Gasteiger partial charge in [-0.2, -0.15) is 0 Å². The van der Waals surface area contributed by atoms with Crippen LogP contribution in [0.5, 0.6) is 0 Å². The Morgan fingerprint density at radius 3 is 1.74 bits per heavy atom. The van der Waals surface area contributed by atoms with Crippen molar-refractivity contribution < 1.29 is 0 Å². The third kappa shape index (κ3) is 5.03. The van der Waals surface area contributed by atoms with Gasteiger partial charge in [0.05, 0.1) is 16.7 Å². The van der Waals surface area contributed by atoms with Gasteiger partial charge in [0.2, 0.25) is 0 Å². The van der Waals surface area contributed by atoms with Crippen molar-refractivity contribution in [1.29, 1.82) is 0 Å². The molecule has 0 saturated heterocycles. The van der Waals surface area contributed by atoms with Crippen LogP contribution >= 0.6 is 0 Å². The molecule has 0 amide bonds. The molecular formula is C55H40N2. The highest BCUT2D eigenvalue weighted by Crippen LogP contribution is 2.52. The Morgan fingerprint density at radius 2 is 1.04 bits per heavy atom. The Kier molecular flexibility index (Phi) is 7.13. The van der Waals surface area contributed by atoms with Crippen molar-refractivity contribution in [3.63, 3.8) is 0 Å². The summed E-state index contributed by atoms with van der Waals surface area (Å²) in [5, 5.41) is 7.63. The van der Waals surface area contributed by atoms with Crippen LogP contribution in [0.15, 0.2) is 176 Å². The second kappa shape index (κ2) is 12.6. The molecule has 0 atom stereocenters. The molecule has 0 unspecified atom stereocenters. The van der Waals surface area contributed by atoms with E-state index in [1.807, 2.05) is 0 Å². The molecule has 10 aromatic rings. The number of aromatic nitrogens is 1. The van der Waals surface area contributed by atoms with Gasteiger partial charge in [0.1, 0.15) is 0 Å². The molecule has 12 rings (SSSR count). The van der Waals surface area contributed by atoms with E-state index in [4.69, 9.17) is 0 Å². The van der Waals surface area contributed by atoms with E-state index in [2.05, 4.69) is 192 Å². The maximum absolute atomic E-state index is 2.49. The summed E-state index contributed by atoms with van der Waals surface area (Å²) in [6.07, 6.45) is 4.77. The second-order valence-corrected chi connectivity index (χ2v) is 16.1. The topological polar surface area (TPSA) is 8.17 Å². The molecule has 1 heterocycles. The van der Waals surface area contributed by atoms with Gasteiger partial charge in [0.15, 0.2) is 0 Å². The highest BCUT2D eigenvalue weighted by molar-refractivity contribution is 6.13. The summed E-state index contributed by atoms with van der Waals surface area (Å²) < 4.78 is 2.41. The number of rotatable bonds is 5. The van der Waals surface area contributed by atoms with Gasteiger partial charge >= 0.3 is 0 Å². The van der Waals surface area contributed by atoms with Crippen LogP contribution < -0.4 is 4.90 Å². The summed E-state index contributed by atoms with van der Waals surface area (Å²) in [6, 6.07) is 66.0. The Hall–Kier alpha value is -6.90. The van der Waals surface area contributed by atoms with Crippen molar-refractivity contribution in [3.8, 4) is 39.1 Å². The maximum Gasteiger partial charge on any atom is 0.0543 e. The normalized spacial score (nSPS) is 13.1. The first-order chi connectivity index (χ1) is 28.2. The van der Waals surface area contributed by atoms with E-state index in [0.717, 1.165) is 12.8 Å². The minimum absolute atomic E-state index is 1.12. The van der Waals surface area contributed by atoms with Gasteiger partial charge in [-0.3, -0.25) is 0 Å². The lowest BCUT2D eigenvalue weighted by molar-refractivity contribution is 0.687. The fraction of sp³-hybridized carbons (Fsp3) is 0.0909. The highest BCUT2D eigenvalue weighted by Gasteiger charge is 2.26. The second-order valence-electron chi connectivity index (χ2n) is 16.1. The quantitative estimate of drug-likeness (QED) is 0.171. The molecule has 0 fully saturated rings. The van der Waals surface area contributed by atoms with Crippen LogP contribution in [-0.2, 0) is 12.8 Å². The van der Waals surface area contributed by atoms with E-state index in [9.17, 15) is 0 Å². The Balaban J connectivity index is 0.977. The number of fused-ring (bicyclic) bond motifs is 10. The molecule has 0 N–H and O–H groups in total. The first-order valence-corrected chi connectivity index (χ1v) is 20.4. The molecule has 2 heteroatoms. The van der Waals surface area contributed by atoms with Crippen LogP contribution in [-0.4, -0.2) is 4.57 Å². The SMILES string of the molecule is Cc1ccc(N(c2ccc3cc4c(cc3c2)-c2cc3ccc(-n5c6ccccc6c6ccccc65)cc3cc2-4)c2ccc3c(c2-c2ccccc2)CCCC3)cc1. The van der Waals surface area contributed by atoms with E-state index < -0.39 is 0 Å². The largest absolute Gasteiger partial charge is 0.310 e. The number of anilines is 3. The van der Waals surface area contributed by atoms with Gasteiger partial charge in [-0.25, -0.2) is 0 Å². The molecule has 0 aliphatic heterocycles. The van der Waals surface area contributed by atoms with Gasteiger partial charge < -0.3 is 9.47 Å². The van der Waals surface area contributed by atoms with E-state index in [1.165, 1.54) is 129 Å². The molecule has 1 aromatic heterocycles. The summed E-state index contributed by atoms with van der Waals surface area (Å²) in [4.78, 5) is 2.49. The molecule has 2 aliphatic carbocycles. The van der Waals surface area contributed by atoms with E-state index in [-0.39, 0.29) is 0 Å². The highest BCUT2D eigenvalue weighted by atomic mass is 15.1. The van der Waals surface area contributed by atoms with Crippen molar-refractivity contribution in [2.45, 2.75) is 32.6 Å². The fourth-order valence-electron chi connectivity index (χ4n) is 9.93. The smallest absolute Gasteiger partial charge is 0.0543 e. The summed E-state index contributed by atoms with van der Waals surface area (Å²) in [7, 11) is 0. The standard InChI is InChI=1S/C55H40N2/c1-35-19-24-42(25-20-35)56(54-28-23-36-11-5-6-14-45(36)55(54)37-12-3-2-4-13-37)43-26-21-38-31-48-50(33-40(38)29-43)49-32-39-22-27-44(30-41(39)34-51(48)49)57-52-17-9-7-15-46(52)47-16-8-10-18-53(47)57/h2-4,7-10,12-13,15-34H,5-6,11,14H2,1H3. The summed E-state index contributed by atoms with van der Waals surface area (Å²) in [5.41, 5.74) is 19.5. The van der Waals surface area contributed by atoms with Gasteiger partial charge in [0.25, 0.3) is 0 Å². The zero-order valence-corrected chi connectivity index (χ0v) is 32.0. The van der Waals surface area contributed by atoms with Gasteiger partial charge in [-0.15, -0.1) is 0 Å². The van der Waals surface area contributed by atoms with Crippen molar-refractivity contribution in [2.75, 3.05) is 4.90 Å². The number of hydrogen-bond donors (Lipinski definition) is 0. The Bertz CT molecular complexity index is 3190. The Labute approximate surface area is 332 Å². The maximum atomic E-state index is 2.49. The van der Waals surface area contributed by atoms with Crippen LogP contribution in [0.3, 0.4) is 0 Å². The van der Waals surface area contributed by atoms with Crippen LogP contribution in [0.2, 0.25) is 0 Å². The zero-order chi connectivity index (χ0) is 37.6. The summed E-state index contributed by atoms with van der Waals surface area (Å²) >= 11 is 0. The minimum atomic E-state index is 1.12. The first kappa shape index (κ1) is 32.4. The molecule has 9 aromatic carbocycles. The Morgan fingerprint density at radius 1 is 0.456 bits per heavy atom. The number of nitrogens with zero attached hydrogens (tertiary/aromatic N) is 2. The molecule has 0 radical (unpaired) electrons. The van der Waals surface area contributed by atoms with Gasteiger partial charge in [-0.1, -0.05) is 103 Å². The van der Waals surface area contributed by atoms with Crippen molar-refractivity contribution in [2.24, 2.45) is 0 Å². The third-order valence-electron chi connectivity index (χ3n) is 12.7. The first-order valence-electron chi connectivity index (χ1n) is 20.4. The lowest BCUT2D eigenvalue weighted by atomic mass is 9.78. The monoisotopic (exact) mass is 728 g/mol. The van der Waals surface area contributed by atoms with Crippen molar-refractivity contribution in [1.82, 2.24) is 4.57 Å². The molecule has 0 bridgehead atoms. The van der Waals surface area contributed by atoms with E-state index in [0.29, 0.717) is 0 Å². The fourth-order valence-corrected chi connectivity index (χ4v) is 9.93. The average molecular weight is 729 g/mol. The molecule has 270 valence electrons. The number of aryl methyl sites for hydroxylation is 2. The van der Waals surface area contributed by atoms with Gasteiger partial charge in [0, 0.05) is 33.4 Å². The summed E-state index contributed by atoms with van der Waals surface area (Å²) in [5.74, 6) is 0. The van der Waals surface area contributed by atoms with Gasteiger partial charge in [-0.05, 0) is 172 Å². The third-order valence-corrected chi connectivity index (χ3v) is 12.7. The molecule has 57 heavy (non-hydrogen) atoms. The molecule has 2 aliphatic rings. The number of benzene rings is 9. The van der Waals surface area contributed by atoms with Crippen LogP contribution in [0.1, 0.15) is 29.5 Å². The number of hydrogen-bond acceptors (Lipinski definition) is 1. The number of para-hydroxylation sites is 2. The predicted octanol–water partition coefficient (Wildman–Crippen LogP) is 15.1. The molecule has 0 saturated carbocycles. The minimum Gasteiger partial charge on any atom is -0.310 e. The van der Waals surface area contributed by atoms with Crippen LogP contribution in [0.25, 0.3) is 82.4 Å². The van der Waals surface area contributed by atoms with Crippen molar-refractivity contribution in [3.05, 3.63) is 193 Å². The van der Waals surface area contributed by atoms with Crippen LogP contribution in [0.4, 0.5) is 17.1 Å². The molecule has 2 nitrogen and oxygen atoms in total. The average Bonchev–Trinajstić information content (AvgIpc) is 3.60. The van der Waals surface area contributed by atoms with Crippen LogP contribution in [0, 0.1) is 6.92 Å². The molecule has 0 spiro atoms. The predicted molar refractivity (Wildman–Crippen MR) is 242 cm³/mol. The van der Waals surface area contributed by atoms with Crippen molar-refractivity contribution >= 4 is 60.4 Å².